The third kappa shape index (κ3) is 2.00. The number of hydrogen-bond acceptors (Lipinski definition) is 3. The molecule has 19 heavy (non-hydrogen) atoms. The number of benzene rings is 1. The molecule has 1 aliphatic heterocycles. The number of rotatable bonds is 1. The van der Waals surface area contributed by atoms with Crippen molar-refractivity contribution in [2.45, 2.75) is 13.8 Å². The summed E-state index contributed by atoms with van der Waals surface area (Å²) in [6, 6.07) is 7.93. The summed E-state index contributed by atoms with van der Waals surface area (Å²) >= 11 is 1.51. The predicted molar refractivity (Wildman–Crippen MR) is 80.5 cm³/mol. The predicted octanol–water partition coefficient (Wildman–Crippen LogP) is 3.21. The summed E-state index contributed by atoms with van der Waals surface area (Å²) in [7, 11) is 0. The molecule has 3 nitrogen and oxygen atoms in total. The van der Waals surface area contributed by atoms with Crippen LogP contribution in [0, 0.1) is 11.8 Å². The van der Waals surface area contributed by atoms with Crippen LogP contribution in [0.25, 0.3) is 10.1 Å². The van der Waals surface area contributed by atoms with Crippen LogP contribution in [-0.4, -0.2) is 23.9 Å². The Morgan fingerprint density at radius 3 is 2.53 bits per heavy atom. The summed E-state index contributed by atoms with van der Waals surface area (Å²) in [5.74, 6) is 1.23. The standard InChI is InChI=1S/C15H18N2OS/c1-9-7-17(8-10(9)2)15(18)14-13(16)11-5-3-4-6-12(11)19-14/h3-6,9-10H,7-8,16H2,1-2H3. The second kappa shape index (κ2) is 4.53. The van der Waals surface area contributed by atoms with E-state index in [1.54, 1.807) is 0 Å². The highest BCUT2D eigenvalue weighted by Gasteiger charge is 2.31. The van der Waals surface area contributed by atoms with Crippen LogP contribution in [-0.2, 0) is 0 Å². The fourth-order valence-electron chi connectivity index (χ4n) is 2.66. The molecule has 4 heteroatoms. The number of nitrogen functional groups attached to an aromatic ring is 1. The molecule has 2 aromatic rings. The van der Waals surface area contributed by atoms with Crippen molar-refractivity contribution in [3.8, 4) is 0 Å². The van der Waals surface area contributed by atoms with Crippen LogP contribution >= 0.6 is 11.3 Å². The largest absolute Gasteiger partial charge is 0.397 e. The molecule has 2 N–H and O–H groups in total. The van der Waals surface area contributed by atoms with Crippen molar-refractivity contribution >= 4 is 33.0 Å². The molecule has 2 unspecified atom stereocenters. The van der Waals surface area contributed by atoms with E-state index in [1.165, 1.54) is 11.3 Å². The Morgan fingerprint density at radius 1 is 1.26 bits per heavy atom. The monoisotopic (exact) mass is 274 g/mol. The van der Waals surface area contributed by atoms with E-state index in [1.807, 2.05) is 29.2 Å². The highest BCUT2D eigenvalue weighted by atomic mass is 32.1. The Bertz CT molecular complexity index is 624. The number of nitrogens with zero attached hydrogens (tertiary/aromatic N) is 1. The number of carbonyl (C=O) groups excluding carboxylic acids is 1. The molecule has 1 aliphatic rings. The van der Waals surface area contributed by atoms with Crippen molar-refractivity contribution in [3.05, 3.63) is 29.1 Å². The Hall–Kier alpha value is -1.55. The van der Waals surface area contributed by atoms with Crippen LogP contribution in [0.15, 0.2) is 24.3 Å². The minimum absolute atomic E-state index is 0.0925. The first-order valence-corrected chi connectivity index (χ1v) is 7.46. The molecule has 0 spiro atoms. The first-order chi connectivity index (χ1) is 9.08. The molecule has 2 heterocycles. The Kier molecular flexibility index (Phi) is 2.97. The van der Waals surface area contributed by atoms with E-state index in [0.717, 1.165) is 23.2 Å². The van der Waals surface area contributed by atoms with Gasteiger partial charge in [0.2, 0.25) is 0 Å². The van der Waals surface area contributed by atoms with Gasteiger partial charge in [-0.25, -0.2) is 0 Å². The minimum Gasteiger partial charge on any atom is -0.397 e. The second-order valence-corrected chi connectivity index (χ2v) is 6.56. The van der Waals surface area contributed by atoms with Gasteiger partial charge in [-0.15, -0.1) is 11.3 Å². The van der Waals surface area contributed by atoms with Crippen molar-refractivity contribution in [2.24, 2.45) is 11.8 Å². The Labute approximate surface area is 117 Å². The second-order valence-electron chi connectivity index (χ2n) is 5.51. The van der Waals surface area contributed by atoms with Crippen LogP contribution < -0.4 is 5.73 Å². The maximum absolute atomic E-state index is 12.6. The molecule has 0 aliphatic carbocycles. The molecular weight excluding hydrogens is 256 g/mol. The van der Waals surface area contributed by atoms with Crippen LogP contribution in [0.1, 0.15) is 23.5 Å². The summed E-state index contributed by atoms with van der Waals surface area (Å²) in [4.78, 5) is 15.2. The lowest BCUT2D eigenvalue weighted by molar-refractivity contribution is 0.0791. The van der Waals surface area contributed by atoms with E-state index >= 15 is 0 Å². The molecule has 1 aromatic carbocycles. The third-order valence-corrected chi connectivity index (χ3v) is 5.28. The van der Waals surface area contributed by atoms with E-state index in [-0.39, 0.29) is 5.91 Å². The van der Waals surface area contributed by atoms with Crippen molar-refractivity contribution in [1.29, 1.82) is 0 Å². The van der Waals surface area contributed by atoms with Crippen LogP contribution in [0.3, 0.4) is 0 Å². The van der Waals surface area contributed by atoms with Crippen molar-refractivity contribution < 1.29 is 4.79 Å². The van der Waals surface area contributed by atoms with Crippen molar-refractivity contribution in [3.63, 3.8) is 0 Å². The molecule has 0 saturated carbocycles. The van der Waals surface area contributed by atoms with Gasteiger partial charge in [-0.1, -0.05) is 32.0 Å². The van der Waals surface area contributed by atoms with Crippen LogP contribution in [0.4, 0.5) is 5.69 Å². The summed E-state index contributed by atoms with van der Waals surface area (Å²) in [6.45, 7) is 6.08. The molecule has 2 atom stereocenters. The lowest BCUT2D eigenvalue weighted by Gasteiger charge is -2.15. The summed E-state index contributed by atoms with van der Waals surface area (Å²) < 4.78 is 1.09. The number of fused-ring (bicyclic) bond motifs is 1. The van der Waals surface area contributed by atoms with Gasteiger partial charge >= 0.3 is 0 Å². The number of hydrogen-bond donors (Lipinski definition) is 1. The maximum Gasteiger partial charge on any atom is 0.266 e. The molecular formula is C15H18N2OS. The Morgan fingerprint density at radius 2 is 1.89 bits per heavy atom. The number of thiophene rings is 1. The van der Waals surface area contributed by atoms with E-state index < -0.39 is 0 Å². The summed E-state index contributed by atoms with van der Waals surface area (Å²) in [6.07, 6.45) is 0. The van der Waals surface area contributed by atoms with Gasteiger partial charge in [-0.2, -0.15) is 0 Å². The lowest BCUT2D eigenvalue weighted by Crippen LogP contribution is -2.28. The van der Waals surface area contributed by atoms with E-state index in [4.69, 9.17) is 5.73 Å². The normalized spacial score (nSPS) is 23.2. The molecule has 1 saturated heterocycles. The fraction of sp³-hybridized carbons (Fsp3) is 0.400. The highest BCUT2D eigenvalue weighted by Crippen LogP contribution is 2.35. The van der Waals surface area contributed by atoms with Crippen LogP contribution in [0.2, 0.25) is 0 Å². The van der Waals surface area contributed by atoms with E-state index in [9.17, 15) is 4.79 Å². The Balaban J connectivity index is 1.96. The van der Waals surface area contributed by atoms with Crippen LogP contribution in [0.5, 0.6) is 0 Å². The molecule has 100 valence electrons. The molecule has 0 radical (unpaired) electrons. The number of likely N-dealkylation sites (tertiary alicyclic amines) is 1. The van der Waals surface area contributed by atoms with Gasteiger partial charge in [0.25, 0.3) is 5.91 Å². The molecule has 0 bridgehead atoms. The first kappa shape index (κ1) is 12.5. The summed E-state index contributed by atoms with van der Waals surface area (Å²) in [5.41, 5.74) is 6.78. The first-order valence-electron chi connectivity index (χ1n) is 6.64. The SMILES string of the molecule is CC1CN(C(=O)c2sc3ccccc3c2N)CC1C. The fourth-order valence-corrected chi connectivity index (χ4v) is 3.75. The zero-order valence-corrected chi connectivity index (χ0v) is 12.0. The molecule has 1 amide bonds. The zero-order valence-electron chi connectivity index (χ0n) is 11.2. The molecule has 1 aromatic heterocycles. The zero-order chi connectivity index (χ0) is 13.6. The average molecular weight is 274 g/mol. The van der Waals surface area contributed by atoms with Crippen molar-refractivity contribution in [1.82, 2.24) is 4.90 Å². The van der Waals surface area contributed by atoms with Gasteiger partial charge in [0.15, 0.2) is 0 Å². The highest BCUT2D eigenvalue weighted by molar-refractivity contribution is 7.21. The van der Waals surface area contributed by atoms with Gasteiger partial charge in [0, 0.05) is 23.2 Å². The number of nitrogens with two attached hydrogens (primary N) is 1. The maximum atomic E-state index is 12.6. The number of amides is 1. The minimum atomic E-state index is 0.0925. The van der Waals surface area contributed by atoms with Crippen molar-refractivity contribution in [2.75, 3.05) is 18.8 Å². The van der Waals surface area contributed by atoms with Gasteiger partial charge in [-0.05, 0) is 17.9 Å². The van der Waals surface area contributed by atoms with Gasteiger partial charge < -0.3 is 10.6 Å². The lowest BCUT2D eigenvalue weighted by atomic mass is 10.0. The smallest absolute Gasteiger partial charge is 0.266 e. The quantitative estimate of drug-likeness (QED) is 0.868. The van der Waals surface area contributed by atoms with E-state index in [0.29, 0.717) is 22.4 Å². The van der Waals surface area contributed by atoms with Gasteiger partial charge in [-0.3, -0.25) is 4.79 Å². The molecule has 3 rings (SSSR count). The average Bonchev–Trinajstić information content (AvgIpc) is 2.91. The topological polar surface area (TPSA) is 46.3 Å². The van der Waals surface area contributed by atoms with E-state index in [2.05, 4.69) is 13.8 Å². The third-order valence-electron chi connectivity index (χ3n) is 4.10. The van der Waals surface area contributed by atoms with Gasteiger partial charge in [0.1, 0.15) is 4.88 Å². The summed E-state index contributed by atoms with van der Waals surface area (Å²) in [5, 5.41) is 0.996. The number of carbonyl (C=O) groups is 1. The van der Waals surface area contributed by atoms with Gasteiger partial charge in [0.05, 0.1) is 5.69 Å². The molecule has 1 fully saturated rings. The number of anilines is 1.